The molecule has 0 aliphatic heterocycles. The van der Waals surface area contributed by atoms with Gasteiger partial charge < -0.3 is 52.5 Å². The van der Waals surface area contributed by atoms with Crippen molar-refractivity contribution in [2.75, 3.05) is 11.5 Å². The Balaban J connectivity index is 0.000000272. The third-order valence-electron chi connectivity index (χ3n) is 9.58. The summed E-state index contributed by atoms with van der Waals surface area (Å²) >= 11 is 0. The minimum absolute atomic E-state index is 0. The quantitative estimate of drug-likeness (QED) is 0.0534. The normalized spacial score (nSPS) is 11.7. The van der Waals surface area contributed by atoms with Crippen LogP contribution in [0.15, 0.2) is 70.5 Å². The van der Waals surface area contributed by atoms with E-state index in [2.05, 4.69) is 40.5 Å². The van der Waals surface area contributed by atoms with Crippen molar-refractivity contribution in [3.63, 3.8) is 0 Å². The third kappa shape index (κ3) is 13.5. The molecule has 0 bridgehead atoms. The monoisotopic (exact) mass is 894 g/mol. The summed E-state index contributed by atoms with van der Waals surface area (Å²) in [6, 6.07) is 10.6. The number of aromatic amines is 4. The number of aromatic nitrogens is 6. The number of nitrogen functional groups attached to an aromatic ring is 2. The summed E-state index contributed by atoms with van der Waals surface area (Å²) in [5.74, 6) is -6.00. The van der Waals surface area contributed by atoms with Crippen LogP contribution >= 0.6 is 0 Å². The number of hydrogen-bond donors (Lipinski definition) is 12. The topological polar surface area (TPSA) is 383 Å². The Morgan fingerprint density at radius 2 is 0.921 bits per heavy atom. The first-order valence-electron chi connectivity index (χ1n) is 18.9. The molecule has 2 amide bonds. The Labute approximate surface area is 384 Å². The van der Waals surface area contributed by atoms with Gasteiger partial charge in [-0.2, -0.15) is 9.97 Å². The molecule has 0 spiro atoms. The Hall–Kier alpha value is -7.04. The van der Waals surface area contributed by atoms with E-state index in [4.69, 9.17) is 31.9 Å². The van der Waals surface area contributed by atoms with Gasteiger partial charge in [-0.05, 0) is 85.0 Å². The number of carbonyl (C=O) groups excluding carboxylic acids is 2. The van der Waals surface area contributed by atoms with Crippen LogP contribution in [-0.4, -0.2) is 136 Å². The zero-order chi connectivity index (χ0) is 45.1. The average molecular weight is 895 g/mol. The smallest absolute Gasteiger partial charge is 0.481 e. The number of benzene rings is 2. The molecule has 6 aromatic rings. The van der Waals surface area contributed by atoms with Gasteiger partial charge in [0.15, 0.2) is 0 Å². The van der Waals surface area contributed by atoms with E-state index in [0.717, 1.165) is 22.3 Å². The summed E-state index contributed by atoms with van der Waals surface area (Å²) in [5.41, 5.74) is 15.2. The van der Waals surface area contributed by atoms with Crippen LogP contribution < -0.4 is 33.2 Å². The van der Waals surface area contributed by atoms with E-state index >= 15 is 0 Å². The van der Waals surface area contributed by atoms with Crippen molar-refractivity contribution in [1.29, 1.82) is 0 Å². The molecule has 22 nitrogen and oxygen atoms in total. The number of amides is 2. The number of nitrogens with one attached hydrogen (secondary N) is 6. The summed E-state index contributed by atoms with van der Waals surface area (Å²) in [5, 5.41) is 41.3. The predicted octanol–water partition coefficient (Wildman–Crippen LogP) is 0.952. The summed E-state index contributed by atoms with van der Waals surface area (Å²) in [6.07, 6.45) is 4.55. The molecular weight excluding hydrogens is 853 g/mol. The van der Waals surface area contributed by atoms with E-state index in [1.807, 2.05) is 0 Å². The van der Waals surface area contributed by atoms with Crippen molar-refractivity contribution in [3.8, 4) is 0 Å². The number of fused-ring (bicyclic) bond motifs is 2. The molecule has 0 aliphatic carbocycles. The van der Waals surface area contributed by atoms with Crippen molar-refractivity contribution in [2.45, 2.75) is 63.5 Å². The van der Waals surface area contributed by atoms with Crippen LogP contribution in [0.2, 0.25) is 0 Å². The number of anilines is 2. The summed E-state index contributed by atoms with van der Waals surface area (Å²) in [4.78, 5) is 111. The number of rotatable bonds is 18. The number of nitrogens with zero attached hydrogens (tertiary/aromatic N) is 2. The Morgan fingerprint density at radius 1 is 0.571 bits per heavy atom. The maximum atomic E-state index is 12.3. The van der Waals surface area contributed by atoms with Gasteiger partial charge in [0.2, 0.25) is 11.9 Å². The average Bonchev–Trinajstić information content (AvgIpc) is 3.83. The summed E-state index contributed by atoms with van der Waals surface area (Å²) in [6.45, 7) is 0. The van der Waals surface area contributed by atoms with Crippen LogP contribution in [0.5, 0.6) is 0 Å². The molecule has 0 radical (unpaired) electrons. The van der Waals surface area contributed by atoms with Crippen LogP contribution in [-0.2, 0) is 44.9 Å². The van der Waals surface area contributed by atoms with Crippen molar-refractivity contribution in [3.05, 3.63) is 115 Å². The molecular formula is C40H42CaN10O12+2. The molecule has 23 heteroatoms. The van der Waals surface area contributed by atoms with Gasteiger partial charge in [-0.25, -0.2) is 9.59 Å². The SMILES string of the molecule is Nc1nc2[nH]cc(CCc3ccc(C(=O)N[C@@H](CCC(=O)O)C(=O)O)cc3)c2c(=O)[nH]1.Nc1nc2[nH]cc(CCc3ccc(C(=O)N[C@@H](CCC(=O)O)C(=O)O)cc3)c2c(=O)[nH]1.[Ca+2]. The van der Waals surface area contributed by atoms with E-state index in [0.29, 0.717) is 47.8 Å². The van der Waals surface area contributed by atoms with Gasteiger partial charge >= 0.3 is 61.6 Å². The van der Waals surface area contributed by atoms with Gasteiger partial charge in [0, 0.05) is 36.4 Å². The maximum absolute atomic E-state index is 12.3. The van der Waals surface area contributed by atoms with E-state index in [9.17, 15) is 38.4 Å². The molecule has 0 unspecified atom stereocenters. The number of nitrogens with two attached hydrogens (primary N) is 2. The minimum atomic E-state index is -1.30. The van der Waals surface area contributed by atoms with Gasteiger partial charge in [0.25, 0.3) is 22.9 Å². The zero-order valence-electron chi connectivity index (χ0n) is 33.4. The van der Waals surface area contributed by atoms with Gasteiger partial charge in [0.05, 0.1) is 10.8 Å². The number of hydrogen-bond acceptors (Lipinski definition) is 12. The second kappa shape index (κ2) is 22.2. The number of carboxylic acid groups (broad SMARTS) is 4. The molecule has 0 saturated heterocycles. The van der Waals surface area contributed by atoms with E-state index in [1.165, 1.54) is 0 Å². The van der Waals surface area contributed by atoms with Gasteiger partial charge in [0.1, 0.15) is 23.4 Å². The van der Waals surface area contributed by atoms with Crippen molar-refractivity contribution >= 4 is 107 Å². The predicted molar refractivity (Wildman–Crippen MR) is 227 cm³/mol. The van der Waals surface area contributed by atoms with Crippen molar-refractivity contribution in [2.24, 2.45) is 0 Å². The summed E-state index contributed by atoms with van der Waals surface area (Å²) < 4.78 is 0. The van der Waals surface area contributed by atoms with Gasteiger partial charge in [-0.15, -0.1) is 0 Å². The van der Waals surface area contributed by atoms with Crippen LogP contribution in [0.25, 0.3) is 22.1 Å². The molecule has 0 saturated carbocycles. The second-order valence-corrected chi connectivity index (χ2v) is 14.0. The Bertz CT molecular complexity index is 2560. The van der Waals surface area contributed by atoms with E-state index in [1.54, 1.807) is 60.9 Å². The number of aliphatic carboxylic acids is 4. The second-order valence-electron chi connectivity index (χ2n) is 14.0. The fraction of sp³-hybridized carbons (Fsp3) is 0.250. The van der Waals surface area contributed by atoms with Crippen LogP contribution in [0.1, 0.15) is 68.7 Å². The largest absolute Gasteiger partial charge is 2.00 e. The fourth-order valence-electron chi connectivity index (χ4n) is 6.37. The number of carbonyl (C=O) groups is 6. The number of carboxylic acids is 4. The number of aryl methyl sites for hydroxylation is 4. The Kier molecular flexibility index (Phi) is 17.1. The van der Waals surface area contributed by atoms with Gasteiger partial charge in [-0.3, -0.25) is 38.7 Å². The first kappa shape index (κ1) is 48.6. The summed E-state index contributed by atoms with van der Waals surface area (Å²) in [7, 11) is 0. The minimum Gasteiger partial charge on any atom is -0.481 e. The fourth-order valence-corrected chi connectivity index (χ4v) is 6.37. The first-order valence-corrected chi connectivity index (χ1v) is 18.9. The standard InChI is InChI=1S/2C20H21N5O6.Ca/c2*21-20-24-16-15(18(29)25-20)12(9-22-16)6-3-10-1-4-11(5-2-10)17(28)23-13(19(30)31)7-8-14(26)27;/h2*1-2,4-5,9,13H,3,6-8H2,(H,23,28)(H,26,27)(H,30,31)(H4,21,22,24,25,29);/q;;+2/t2*13-;/m00./s1. The molecule has 6 rings (SSSR count). The van der Waals surface area contributed by atoms with Gasteiger partial charge in [-0.1, -0.05) is 24.3 Å². The molecule has 2 atom stereocenters. The molecule has 4 aromatic heterocycles. The molecule has 2 aromatic carbocycles. The van der Waals surface area contributed by atoms with Crippen LogP contribution in [0.4, 0.5) is 11.9 Å². The van der Waals surface area contributed by atoms with Crippen LogP contribution in [0, 0.1) is 0 Å². The van der Waals surface area contributed by atoms with E-state index < -0.39 is 47.8 Å². The molecule has 324 valence electrons. The molecule has 0 aliphatic rings. The molecule has 4 heterocycles. The Morgan fingerprint density at radius 3 is 1.24 bits per heavy atom. The maximum Gasteiger partial charge on any atom is 2.00 e. The van der Waals surface area contributed by atoms with Crippen molar-refractivity contribution < 1.29 is 49.2 Å². The number of H-pyrrole nitrogens is 4. The molecule has 14 N–H and O–H groups in total. The first-order chi connectivity index (χ1) is 29.5. The molecule has 0 fully saturated rings. The zero-order valence-corrected chi connectivity index (χ0v) is 35.6. The van der Waals surface area contributed by atoms with E-state index in [-0.39, 0.29) is 97.6 Å². The van der Waals surface area contributed by atoms with Crippen molar-refractivity contribution in [1.82, 2.24) is 40.5 Å². The van der Waals surface area contributed by atoms with Crippen LogP contribution in [0.3, 0.4) is 0 Å². The third-order valence-corrected chi connectivity index (χ3v) is 9.58. The molecule has 63 heavy (non-hydrogen) atoms.